The highest BCUT2D eigenvalue weighted by Crippen LogP contribution is 2.40. The average Bonchev–Trinajstić information content (AvgIpc) is 2.47. The molecule has 3 heteroatoms. The monoisotopic (exact) mass is 162 g/mol. The molecule has 2 fully saturated rings. The fourth-order valence-corrected chi connectivity index (χ4v) is 2.38. The molecule has 2 nitrogen and oxygen atoms in total. The third-order valence-electron chi connectivity index (χ3n) is 3.41. The first-order valence-electron chi connectivity index (χ1n) is 5.02. The second-order valence-electron chi connectivity index (χ2n) is 4.10. The van der Waals surface area contributed by atoms with E-state index >= 15 is 0 Å². The SMILES string of the molecule is N#CB(C1CCC1)C1CCNC1. The molecule has 1 saturated heterocycles. The molecule has 1 aliphatic carbocycles. The molecular weight excluding hydrogens is 147 g/mol. The van der Waals surface area contributed by atoms with Gasteiger partial charge in [0.2, 0.25) is 0 Å². The maximum atomic E-state index is 9.04. The van der Waals surface area contributed by atoms with E-state index in [4.69, 9.17) is 5.26 Å². The molecule has 0 aromatic rings. The van der Waals surface area contributed by atoms with Crippen LogP contribution in [0, 0.1) is 11.2 Å². The predicted molar refractivity (Wildman–Crippen MR) is 50.2 cm³/mol. The molecule has 1 atom stereocenters. The van der Waals surface area contributed by atoms with Crippen molar-refractivity contribution in [1.82, 2.24) is 5.32 Å². The van der Waals surface area contributed by atoms with Crippen molar-refractivity contribution in [1.29, 1.82) is 5.26 Å². The van der Waals surface area contributed by atoms with Crippen LogP contribution in [0.1, 0.15) is 25.7 Å². The number of rotatable bonds is 2. The summed E-state index contributed by atoms with van der Waals surface area (Å²) < 4.78 is 0. The molecule has 0 spiro atoms. The van der Waals surface area contributed by atoms with E-state index in [2.05, 4.69) is 11.3 Å². The van der Waals surface area contributed by atoms with E-state index in [0.29, 0.717) is 12.5 Å². The van der Waals surface area contributed by atoms with Crippen molar-refractivity contribution in [3.63, 3.8) is 0 Å². The lowest BCUT2D eigenvalue weighted by molar-refractivity contribution is 0.489. The average molecular weight is 162 g/mol. The van der Waals surface area contributed by atoms with Crippen molar-refractivity contribution in [3.05, 3.63) is 0 Å². The Morgan fingerprint density at radius 2 is 2.08 bits per heavy atom. The minimum absolute atomic E-state index is 0.355. The molecule has 1 saturated carbocycles. The summed E-state index contributed by atoms with van der Waals surface area (Å²) in [5.74, 6) is 3.89. The third kappa shape index (κ3) is 1.36. The van der Waals surface area contributed by atoms with Gasteiger partial charge in [-0.15, -0.1) is 0 Å². The topological polar surface area (TPSA) is 35.8 Å². The lowest BCUT2D eigenvalue weighted by Crippen LogP contribution is -2.31. The Labute approximate surface area is 74.4 Å². The molecule has 0 amide bonds. The summed E-state index contributed by atoms with van der Waals surface area (Å²) in [6.45, 7) is 2.55. The van der Waals surface area contributed by atoms with Crippen LogP contribution in [0.4, 0.5) is 0 Å². The molecule has 12 heavy (non-hydrogen) atoms. The van der Waals surface area contributed by atoms with Gasteiger partial charge in [0.15, 0.2) is 0 Å². The van der Waals surface area contributed by atoms with E-state index in [-0.39, 0.29) is 0 Å². The van der Waals surface area contributed by atoms with Gasteiger partial charge in [0.1, 0.15) is 0 Å². The molecule has 1 aliphatic heterocycles. The van der Waals surface area contributed by atoms with Crippen LogP contribution in [-0.2, 0) is 0 Å². The van der Waals surface area contributed by atoms with Gasteiger partial charge in [-0.25, -0.2) is 5.26 Å². The fourth-order valence-electron chi connectivity index (χ4n) is 2.38. The van der Waals surface area contributed by atoms with Gasteiger partial charge in [0.25, 0.3) is 6.71 Å². The zero-order chi connectivity index (χ0) is 8.39. The Balaban J connectivity index is 1.92. The van der Waals surface area contributed by atoms with Gasteiger partial charge in [0, 0.05) is 5.97 Å². The number of nitriles is 1. The zero-order valence-corrected chi connectivity index (χ0v) is 7.42. The molecular formula is C9H15BN2. The fraction of sp³-hybridized carbons (Fsp3) is 0.889. The van der Waals surface area contributed by atoms with Crippen LogP contribution in [0.25, 0.3) is 0 Å². The van der Waals surface area contributed by atoms with E-state index < -0.39 is 0 Å². The first-order valence-corrected chi connectivity index (χ1v) is 5.02. The van der Waals surface area contributed by atoms with Crippen molar-refractivity contribution in [2.45, 2.75) is 37.3 Å². The van der Waals surface area contributed by atoms with E-state index in [1.807, 2.05) is 0 Å². The molecule has 1 N–H and O–H groups in total. The largest absolute Gasteiger partial charge is 0.317 e. The number of hydrogen-bond acceptors (Lipinski definition) is 2. The van der Waals surface area contributed by atoms with E-state index in [1.165, 1.54) is 25.7 Å². The first-order chi connectivity index (χ1) is 5.92. The molecule has 0 aromatic carbocycles. The Bertz CT molecular complexity index is 189. The van der Waals surface area contributed by atoms with Crippen LogP contribution in [0.2, 0.25) is 11.6 Å². The highest BCUT2D eigenvalue weighted by atomic mass is 14.9. The second-order valence-corrected chi connectivity index (χ2v) is 4.10. The van der Waals surface area contributed by atoms with Gasteiger partial charge < -0.3 is 5.32 Å². The van der Waals surface area contributed by atoms with Crippen LogP contribution in [-0.4, -0.2) is 19.8 Å². The van der Waals surface area contributed by atoms with Crippen molar-refractivity contribution < 1.29 is 0 Å². The van der Waals surface area contributed by atoms with Gasteiger partial charge in [-0.1, -0.05) is 19.3 Å². The molecule has 64 valence electrons. The highest BCUT2D eigenvalue weighted by molar-refractivity contribution is 6.70. The quantitative estimate of drug-likeness (QED) is 0.624. The van der Waals surface area contributed by atoms with Crippen LogP contribution < -0.4 is 5.32 Å². The van der Waals surface area contributed by atoms with Gasteiger partial charge in [-0.05, 0) is 31.1 Å². The number of nitrogens with one attached hydrogen (secondary N) is 1. The Hall–Kier alpha value is -0.485. The summed E-state index contributed by atoms with van der Waals surface area (Å²) in [7, 11) is 0. The summed E-state index contributed by atoms with van der Waals surface area (Å²) in [5.41, 5.74) is 0. The van der Waals surface area contributed by atoms with Crippen molar-refractivity contribution in [2.75, 3.05) is 13.1 Å². The zero-order valence-electron chi connectivity index (χ0n) is 7.42. The van der Waals surface area contributed by atoms with Gasteiger partial charge in [-0.3, -0.25) is 0 Å². The molecule has 0 radical (unpaired) electrons. The highest BCUT2D eigenvalue weighted by Gasteiger charge is 2.38. The standard InChI is InChI=1S/C9H15BN2/c11-7-10(8-2-1-3-8)9-4-5-12-6-9/h8-9,12H,1-6H2. The normalized spacial score (nSPS) is 29.4. The summed E-state index contributed by atoms with van der Waals surface area (Å²) >= 11 is 0. The Kier molecular flexibility index (Phi) is 2.36. The van der Waals surface area contributed by atoms with Crippen LogP contribution in [0.3, 0.4) is 0 Å². The third-order valence-corrected chi connectivity index (χ3v) is 3.41. The van der Waals surface area contributed by atoms with E-state index in [1.54, 1.807) is 0 Å². The minimum Gasteiger partial charge on any atom is -0.317 e. The summed E-state index contributed by atoms with van der Waals surface area (Å²) in [6, 6.07) is 0. The molecule has 0 aromatic heterocycles. The molecule has 0 bridgehead atoms. The smallest absolute Gasteiger partial charge is 0.275 e. The van der Waals surface area contributed by atoms with Gasteiger partial charge in [-0.2, -0.15) is 0 Å². The summed E-state index contributed by atoms with van der Waals surface area (Å²) in [6.07, 6.45) is 5.17. The van der Waals surface area contributed by atoms with Crippen LogP contribution in [0.5, 0.6) is 0 Å². The first kappa shape index (κ1) is 8.13. The second kappa shape index (κ2) is 3.49. The molecule has 2 rings (SSSR count). The summed E-state index contributed by atoms with van der Waals surface area (Å²) in [5, 5.41) is 12.4. The minimum atomic E-state index is 0.355. The molecule has 2 aliphatic rings. The number of nitrogens with zero attached hydrogens (tertiary/aromatic N) is 1. The van der Waals surface area contributed by atoms with Crippen molar-refractivity contribution in [3.8, 4) is 5.97 Å². The van der Waals surface area contributed by atoms with Gasteiger partial charge in [0.05, 0.1) is 0 Å². The van der Waals surface area contributed by atoms with Crippen molar-refractivity contribution in [2.24, 2.45) is 0 Å². The van der Waals surface area contributed by atoms with E-state index in [9.17, 15) is 0 Å². The molecule has 1 unspecified atom stereocenters. The Morgan fingerprint density at radius 3 is 2.50 bits per heavy atom. The predicted octanol–water partition coefficient (Wildman–Crippen LogP) is 1.46. The van der Waals surface area contributed by atoms with E-state index in [0.717, 1.165) is 18.9 Å². The van der Waals surface area contributed by atoms with Crippen molar-refractivity contribution >= 4 is 6.71 Å². The lowest BCUT2D eigenvalue weighted by Gasteiger charge is -2.30. The van der Waals surface area contributed by atoms with Crippen LogP contribution in [0.15, 0.2) is 0 Å². The number of hydrogen-bond donors (Lipinski definition) is 1. The maximum Gasteiger partial charge on any atom is 0.275 e. The van der Waals surface area contributed by atoms with Crippen LogP contribution >= 0.6 is 0 Å². The van der Waals surface area contributed by atoms with Gasteiger partial charge >= 0.3 is 0 Å². The molecule has 1 heterocycles. The Morgan fingerprint density at radius 1 is 1.25 bits per heavy atom. The summed E-state index contributed by atoms with van der Waals surface area (Å²) in [4.78, 5) is 0. The lowest BCUT2D eigenvalue weighted by atomic mass is 9.31. The maximum absolute atomic E-state index is 9.04.